The summed E-state index contributed by atoms with van der Waals surface area (Å²) in [5, 5.41) is 0. The van der Waals surface area contributed by atoms with Crippen LogP contribution in [0.2, 0.25) is 0 Å². The van der Waals surface area contributed by atoms with Gasteiger partial charge in [0, 0.05) is 12.5 Å². The molecule has 1 aliphatic rings. The average Bonchev–Trinajstić information content (AvgIpc) is 2.31. The number of rotatable bonds is 2. The first-order chi connectivity index (χ1) is 7.64. The Labute approximate surface area is 96.4 Å². The SMILES string of the molecule is O=C=O.[C-]#[N+]C(C)(CC#C)C1=CCCCC1. The predicted molar refractivity (Wildman–Crippen MR) is 60.0 cm³/mol. The monoisotopic (exact) mass is 217 g/mol. The third-order valence-electron chi connectivity index (χ3n) is 2.68. The zero-order valence-corrected chi connectivity index (χ0v) is 9.45. The Bertz CT molecular complexity index is 364. The minimum atomic E-state index is -0.421. The van der Waals surface area contributed by atoms with Crippen LogP contribution in [0.15, 0.2) is 11.6 Å². The second-order valence-corrected chi connectivity index (χ2v) is 3.83. The van der Waals surface area contributed by atoms with Crippen LogP contribution in [0.25, 0.3) is 4.85 Å². The molecule has 0 radical (unpaired) electrons. The minimum absolute atomic E-state index is 0.250. The topological polar surface area (TPSA) is 38.5 Å². The molecule has 0 saturated heterocycles. The van der Waals surface area contributed by atoms with Gasteiger partial charge in [-0.3, -0.25) is 0 Å². The van der Waals surface area contributed by atoms with Gasteiger partial charge in [0.1, 0.15) is 0 Å². The van der Waals surface area contributed by atoms with Crippen molar-refractivity contribution in [3.63, 3.8) is 0 Å². The van der Waals surface area contributed by atoms with Crippen LogP contribution in [0.3, 0.4) is 0 Å². The maximum atomic E-state index is 8.12. The van der Waals surface area contributed by atoms with Crippen LogP contribution in [0.4, 0.5) is 0 Å². The molecular weight excluding hydrogens is 202 g/mol. The lowest BCUT2D eigenvalue weighted by Gasteiger charge is -2.21. The molecule has 0 aromatic rings. The highest BCUT2D eigenvalue weighted by Crippen LogP contribution is 2.32. The van der Waals surface area contributed by atoms with Crippen LogP contribution in [0.1, 0.15) is 39.0 Å². The maximum Gasteiger partial charge on any atom is 0.373 e. The first-order valence-electron chi connectivity index (χ1n) is 5.15. The van der Waals surface area contributed by atoms with E-state index in [1.807, 2.05) is 6.92 Å². The van der Waals surface area contributed by atoms with E-state index >= 15 is 0 Å². The van der Waals surface area contributed by atoms with Crippen LogP contribution in [-0.4, -0.2) is 11.7 Å². The Morgan fingerprint density at radius 2 is 2.19 bits per heavy atom. The number of terminal acetylenes is 1. The number of carbonyl (C=O) groups excluding carboxylic acids is 2. The smallest absolute Gasteiger partial charge is 0.305 e. The van der Waals surface area contributed by atoms with Gasteiger partial charge in [-0.25, -0.2) is 6.57 Å². The van der Waals surface area contributed by atoms with Crippen molar-refractivity contribution in [1.29, 1.82) is 0 Å². The van der Waals surface area contributed by atoms with E-state index in [-0.39, 0.29) is 6.15 Å². The summed E-state index contributed by atoms with van der Waals surface area (Å²) < 4.78 is 0. The molecule has 1 aliphatic carbocycles. The van der Waals surface area contributed by atoms with Crippen molar-refractivity contribution in [2.45, 2.75) is 44.6 Å². The molecule has 84 valence electrons. The molecule has 0 amide bonds. The summed E-state index contributed by atoms with van der Waals surface area (Å²) >= 11 is 0. The number of nitrogens with zero attached hydrogens (tertiary/aromatic N) is 1. The van der Waals surface area contributed by atoms with Gasteiger partial charge in [0.2, 0.25) is 0 Å². The molecule has 0 bridgehead atoms. The van der Waals surface area contributed by atoms with Gasteiger partial charge in [0.05, 0.1) is 6.42 Å². The van der Waals surface area contributed by atoms with E-state index in [1.54, 1.807) is 0 Å². The highest BCUT2D eigenvalue weighted by atomic mass is 16.2. The predicted octanol–water partition coefficient (Wildman–Crippen LogP) is 2.60. The summed E-state index contributed by atoms with van der Waals surface area (Å²) in [6.45, 7) is 9.14. The second kappa shape index (κ2) is 7.46. The highest BCUT2D eigenvalue weighted by Gasteiger charge is 2.34. The van der Waals surface area contributed by atoms with Gasteiger partial charge in [-0.05, 0) is 25.7 Å². The van der Waals surface area contributed by atoms with Crippen molar-refractivity contribution in [3.8, 4) is 12.3 Å². The van der Waals surface area contributed by atoms with Crippen molar-refractivity contribution < 1.29 is 9.59 Å². The van der Waals surface area contributed by atoms with E-state index in [1.165, 1.54) is 18.4 Å². The fraction of sp³-hybridized carbons (Fsp3) is 0.538. The van der Waals surface area contributed by atoms with E-state index in [0.29, 0.717) is 6.42 Å². The number of hydrogen-bond donors (Lipinski definition) is 0. The van der Waals surface area contributed by atoms with Gasteiger partial charge >= 0.3 is 6.15 Å². The third kappa shape index (κ3) is 4.13. The zero-order chi connectivity index (χ0) is 12.4. The molecule has 0 aromatic carbocycles. The molecule has 3 nitrogen and oxygen atoms in total. The molecule has 0 spiro atoms. The van der Waals surface area contributed by atoms with Gasteiger partial charge in [-0.1, -0.05) is 12.0 Å². The Morgan fingerprint density at radius 3 is 2.56 bits per heavy atom. The van der Waals surface area contributed by atoms with Crippen LogP contribution in [0, 0.1) is 18.9 Å². The van der Waals surface area contributed by atoms with Crippen molar-refractivity contribution in [2.24, 2.45) is 0 Å². The summed E-state index contributed by atoms with van der Waals surface area (Å²) in [5.74, 6) is 2.60. The molecule has 0 saturated carbocycles. The second-order valence-electron chi connectivity index (χ2n) is 3.83. The molecule has 3 heteroatoms. The van der Waals surface area contributed by atoms with Crippen molar-refractivity contribution >= 4 is 6.15 Å². The van der Waals surface area contributed by atoms with Crippen molar-refractivity contribution in [3.05, 3.63) is 23.1 Å². The molecule has 1 atom stereocenters. The third-order valence-corrected chi connectivity index (χ3v) is 2.68. The van der Waals surface area contributed by atoms with Gasteiger partial charge in [-0.2, -0.15) is 9.59 Å². The first kappa shape index (κ1) is 14.2. The average molecular weight is 217 g/mol. The molecule has 0 N–H and O–H groups in total. The van der Waals surface area contributed by atoms with Gasteiger partial charge < -0.3 is 4.85 Å². The maximum absolute atomic E-state index is 8.12. The van der Waals surface area contributed by atoms with Crippen LogP contribution >= 0.6 is 0 Å². The molecular formula is C13H15NO2. The standard InChI is InChI=1S/C12H15N.CO2/c1-4-10-12(2,13-3)11-8-6-5-7-9-11;2-1-3/h1,8H,5-7,9-10H2,2H3;. The van der Waals surface area contributed by atoms with E-state index in [2.05, 4.69) is 16.8 Å². The van der Waals surface area contributed by atoms with Crippen LogP contribution < -0.4 is 0 Å². The lowest BCUT2D eigenvalue weighted by Crippen LogP contribution is -2.23. The van der Waals surface area contributed by atoms with Gasteiger partial charge in [0.25, 0.3) is 5.54 Å². The lowest BCUT2D eigenvalue weighted by molar-refractivity contribution is -0.191. The van der Waals surface area contributed by atoms with Crippen molar-refractivity contribution in [1.82, 2.24) is 0 Å². The van der Waals surface area contributed by atoms with E-state index in [4.69, 9.17) is 22.6 Å². The van der Waals surface area contributed by atoms with E-state index in [9.17, 15) is 0 Å². The Balaban J connectivity index is 0.000000673. The van der Waals surface area contributed by atoms with Gasteiger partial charge in [0.15, 0.2) is 0 Å². The van der Waals surface area contributed by atoms with Gasteiger partial charge in [-0.15, -0.1) is 6.42 Å². The summed E-state index contributed by atoms with van der Waals surface area (Å²) in [7, 11) is 0. The Kier molecular flexibility index (Phi) is 6.61. The van der Waals surface area contributed by atoms with E-state index in [0.717, 1.165) is 12.8 Å². The first-order valence-corrected chi connectivity index (χ1v) is 5.15. The Morgan fingerprint density at radius 1 is 1.56 bits per heavy atom. The fourth-order valence-electron chi connectivity index (χ4n) is 1.75. The summed E-state index contributed by atoms with van der Waals surface area (Å²) in [6.07, 6.45) is 12.9. The molecule has 0 aromatic heterocycles. The zero-order valence-electron chi connectivity index (χ0n) is 9.45. The summed E-state index contributed by atoms with van der Waals surface area (Å²) in [6, 6.07) is 0. The van der Waals surface area contributed by atoms with E-state index < -0.39 is 5.54 Å². The largest absolute Gasteiger partial charge is 0.373 e. The summed E-state index contributed by atoms with van der Waals surface area (Å²) in [5.41, 5.74) is 0.835. The lowest BCUT2D eigenvalue weighted by atomic mass is 9.83. The molecule has 16 heavy (non-hydrogen) atoms. The highest BCUT2D eigenvalue weighted by molar-refractivity contribution is 5.28. The van der Waals surface area contributed by atoms with Crippen LogP contribution in [-0.2, 0) is 9.59 Å². The molecule has 0 fully saturated rings. The Hall–Kier alpha value is -1.83. The fourth-order valence-corrected chi connectivity index (χ4v) is 1.75. The number of hydrogen-bond acceptors (Lipinski definition) is 2. The molecule has 0 aliphatic heterocycles. The number of allylic oxidation sites excluding steroid dienone is 1. The van der Waals surface area contributed by atoms with Crippen LogP contribution in [0.5, 0.6) is 0 Å². The normalized spacial score (nSPS) is 17.3. The summed E-state index contributed by atoms with van der Waals surface area (Å²) in [4.78, 5) is 19.9. The quantitative estimate of drug-likeness (QED) is 0.405. The van der Waals surface area contributed by atoms with Crippen molar-refractivity contribution in [2.75, 3.05) is 0 Å². The molecule has 0 heterocycles. The minimum Gasteiger partial charge on any atom is -0.305 e. The molecule has 1 unspecified atom stereocenters. The molecule has 1 rings (SSSR count).